The number of amides is 1. The molecule has 168 valence electrons. The maximum Gasteiger partial charge on any atom is 0.407 e. The number of hydrogen-bond acceptors (Lipinski definition) is 7. The van der Waals surface area contributed by atoms with Gasteiger partial charge < -0.3 is 24.8 Å². The van der Waals surface area contributed by atoms with Gasteiger partial charge in [0.25, 0.3) is 0 Å². The maximum atomic E-state index is 11.8. The Morgan fingerprint density at radius 3 is 2.38 bits per heavy atom. The second-order valence-corrected chi connectivity index (χ2v) is 8.03. The molecule has 0 spiro atoms. The molecule has 1 aromatic heterocycles. The highest BCUT2D eigenvalue weighted by Crippen LogP contribution is 2.31. The van der Waals surface area contributed by atoms with Crippen molar-refractivity contribution in [2.75, 3.05) is 19.5 Å². The summed E-state index contributed by atoms with van der Waals surface area (Å²) in [5.41, 5.74) is 2.89. The highest BCUT2D eigenvalue weighted by atomic mass is 16.6. The number of methoxy groups -OCH3 is 2. The van der Waals surface area contributed by atoms with Crippen LogP contribution in [0.1, 0.15) is 26.3 Å². The number of aromatic nitrogens is 2. The number of hydrogen-bond donors (Lipinski definition) is 2. The van der Waals surface area contributed by atoms with Gasteiger partial charge in [-0.3, -0.25) is 0 Å². The minimum atomic E-state index is -0.525. The lowest BCUT2D eigenvalue weighted by Gasteiger charge is -2.19. The van der Waals surface area contributed by atoms with Gasteiger partial charge in [0.2, 0.25) is 0 Å². The summed E-state index contributed by atoms with van der Waals surface area (Å²) in [5, 5.41) is 6.01. The number of benzene rings is 2. The Morgan fingerprint density at radius 1 is 0.969 bits per heavy atom. The molecule has 0 fully saturated rings. The summed E-state index contributed by atoms with van der Waals surface area (Å²) in [6.45, 7) is 5.87. The minimum Gasteiger partial charge on any atom is -0.497 e. The van der Waals surface area contributed by atoms with E-state index in [-0.39, 0.29) is 0 Å². The zero-order valence-corrected chi connectivity index (χ0v) is 18.9. The molecule has 1 amide bonds. The molecule has 3 aromatic rings. The molecule has 0 aliphatic rings. The van der Waals surface area contributed by atoms with Gasteiger partial charge in [-0.2, -0.15) is 0 Å². The van der Waals surface area contributed by atoms with Crippen molar-refractivity contribution < 1.29 is 19.0 Å². The molecule has 3 rings (SSSR count). The van der Waals surface area contributed by atoms with Crippen molar-refractivity contribution in [2.45, 2.75) is 32.9 Å². The standard InChI is InChI=1S/C24H28N4O4/c1-24(2,3)32-23(29)25-14-16-6-8-17(9-7-16)20-13-22(27-15-26-20)28-19-11-10-18(30-4)12-21(19)31-5/h6-13,15H,14H2,1-5H3,(H,25,29)(H,26,27,28). The fourth-order valence-corrected chi connectivity index (χ4v) is 2.91. The molecule has 2 N–H and O–H groups in total. The molecule has 8 heteroatoms. The largest absolute Gasteiger partial charge is 0.497 e. The summed E-state index contributed by atoms with van der Waals surface area (Å²) >= 11 is 0. The SMILES string of the molecule is COc1ccc(Nc2cc(-c3ccc(CNC(=O)OC(C)(C)C)cc3)ncn2)c(OC)c1. The first kappa shape index (κ1) is 22.9. The van der Waals surface area contributed by atoms with Crippen molar-refractivity contribution >= 4 is 17.6 Å². The van der Waals surface area contributed by atoms with Crippen molar-refractivity contribution in [1.29, 1.82) is 0 Å². The van der Waals surface area contributed by atoms with Gasteiger partial charge in [-0.05, 0) is 38.5 Å². The van der Waals surface area contributed by atoms with Crippen molar-refractivity contribution in [2.24, 2.45) is 0 Å². The third-order valence-electron chi connectivity index (χ3n) is 4.42. The van der Waals surface area contributed by atoms with Crippen LogP contribution in [-0.4, -0.2) is 35.9 Å². The van der Waals surface area contributed by atoms with Crippen LogP contribution in [0.25, 0.3) is 11.3 Å². The van der Waals surface area contributed by atoms with Crippen molar-refractivity contribution in [3.63, 3.8) is 0 Å². The zero-order valence-electron chi connectivity index (χ0n) is 18.9. The van der Waals surface area contributed by atoms with E-state index in [1.54, 1.807) is 20.3 Å². The Hall–Kier alpha value is -3.81. The number of anilines is 2. The van der Waals surface area contributed by atoms with Gasteiger partial charge in [-0.15, -0.1) is 0 Å². The number of ether oxygens (including phenoxy) is 3. The molecule has 1 heterocycles. The fraction of sp³-hybridized carbons (Fsp3) is 0.292. The highest BCUT2D eigenvalue weighted by Gasteiger charge is 2.15. The van der Waals surface area contributed by atoms with E-state index >= 15 is 0 Å². The van der Waals surface area contributed by atoms with E-state index < -0.39 is 11.7 Å². The van der Waals surface area contributed by atoms with Gasteiger partial charge in [-0.1, -0.05) is 24.3 Å². The number of carbonyl (C=O) groups excluding carboxylic acids is 1. The summed E-state index contributed by atoms with van der Waals surface area (Å²) in [7, 11) is 3.21. The summed E-state index contributed by atoms with van der Waals surface area (Å²) in [5.74, 6) is 1.98. The van der Waals surface area contributed by atoms with Crippen LogP contribution in [0.4, 0.5) is 16.3 Å². The smallest absolute Gasteiger partial charge is 0.407 e. The normalized spacial score (nSPS) is 10.9. The Morgan fingerprint density at radius 2 is 1.72 bits per heavy atom. The average Bonchev–Trinajstić information content (AvgIpc) is 2.77. The van der Waals surface area contributed by atoms with Crippen LogP contribution in [-0.2, 0) is 11.3 Å². The van der Waals surface area contributed by atoms with Gasteiger partial charge in [-0.25, -0.2) is 14.8 Å². The summed E-state index contributed by atoms with van der Waals surface area (Å²) in [4.78, 5) is 20.5. The van der Waals surface area contributed by atoms with E-state index in [9.17, 15) is 4.79 Å². The quantitative estimate of drug-likeness (QED) is 0.542. The molecule has 0 saturated carbocycles. The molecule has 2 aromatic carbocycles. The van der Waals surface area contributed by atoms with Crippen LogP contribution >= 0.6 is 0 Å². The van der Waals surface area contributed by atoms with Crippen molar-refractivity contribution in [1.82, 2.24) is 15.3 Å². The van der Waals surface area contributed by atoms with Gasteiger partial charge >= 0.3 is 6.09 Å². The first-order valence-corrected chi connectivity index (χ1v) is 10.1. The number of nitrogens with zero attached hydrogens (tertiary/aromatic N) is 2. The topological polar surface area (TPSA) is 94.6 Å². The Labute approximate surface area is 188 Å². The second-order valence-electron chi connectivity index (χ2n) is 8.03. The molecular weight excluding hydrogens is 408 g/mol. The molecular formula is C24H28N4O4. The average molecular weight is 437 g/mol. The Bertz CT molecular complexity index is 1060. The molecule has 8 nitrogen and oxygen atoms in total. The van der Waals surface area contributed by atoms with E-state index in [4.69, 9.17) is 14.2 Å². The number of rotatable bonds is 7. The first-order chi connectivity index (χ1) is 15.3. The fourth-order valence-electron chi connectivity index (χ4n) is 2.91. The van der Waals surface area contributed by atoms with Gasteiger partial charge in [0.1, 0.15) is 29.2 Å². The molecule has 0 radical (unpaired) electrons. The molecule has 0 saturated heterocycles. The van der Waals surface area contributed by atoms with Crippen LogP contribution < -0.4 is 20.1 Å². The lowest BCUT2D eigenvalue weighted by Crippen LogP contribution is -2.32. The summed E-state index contributed by atoms with van der Waals surface area (Å²) in [6.07, 6.45) is 1.06. The maximum absolute atomic E-state index is 11.8. The van der Waals surface area contributed by atoms with Crippen LogP contribution in [0.15, 0.2) is 54.9 Å². The van der Waals surface area contributed by atoms with E-state index in [0.717, 1.165) is 22.5 Å². The predicted octanol–water partition coefficient (Wildman–Crippen LogP) is 4.93. The molecule has 0 aliphatic heterocycles. The van der Waals surface area contributed by atoms with Crippen molar-refractivity contribution in [3.8, 4) is 22.8 Å². The third-order valence-corrected chi connectivity index (χ3v) is 4.42. The number of nitrogens with one attached hydrogen (secondary N) is 2. The van der Waals surface area contributed by atoms with Crippen LogP contribution in [0.3, 0.4) is 0 Å². The zero-order chi connectivity index (χ0) is 23.1. The molecule has 0 bridgehead atoms. The summed E-state index contributed by atoms with van der Waals surface area (Å²) < 4.78 is 15.9. The second kappa shape index (κ2) is 10.00. The third kappa shape index (κ3) is 6.34. The van der Waals surface area contributed by atoms with E-state index in [1.165, 1.54) is 6.33 Å². The molecule has 0 unspecified atom stereocenters. The molecule has 0 aliphatic carbocycles. The lowest BCUT2D eigenvalue weighted by atomic mass is 10.1. The van der Waals surface area contributed by atoms with Crippen LogP contribution in [0.2, 0.25) is 0 Å². The Balaban J connectivity index is 1.68. The molecule has 32 heavy (non-hydrogen) atoms. The van der Waals surface area contributed by atoms with Crippen LogP contribution in [0.5, 0.6) is 11.5 Å². The van der Waals surface area contributed by atoms with Crippen LogP contribution in [0, 0.1) is 0 Å². The Kier molecular flexibility index (Phi) is 7.14. The lowest BCUT2D eigenvalue weighted by molar-refractivity contribution is 0.0523. The predicted molar refractivity (Wildman–Crippen MR) is 123 cm³/mol. The molecule has 0 atom stereocenters. The first-order valence-electron chi connectivity index (χ1n) is 10.1. The van der Waals surface area contributed by atoms with Gasteiger partial charge in [0, 0.05) is 24.2 Å². The van der Waals surface area contributed by atoms with E-state index in [0.29, 0.717) is 23.9 Å². The summed E-state index contributed by atoms with van der Waals surface area (Å²) in [6, 6.07) is 15.1. The minimum absolute atomic E-state index is 0.378. The van der Waals surface area contributed by atoms with E-state index in [2.05, 4.69) is 20.6 Å². The van der Waals surface area contributed by atoms with E-state index in [1.807, 2.05) is 63.2 Å². The van der Waals surface area contributed by atoms with Crippen molar-refractivity contribution in [3.05, 3.63) is 60.4 Å². The van der Waals surface area contributed by atoms with Gasteiger partial charge in [0.15, 0.2) is 0 Å². The highest BCUT2D eigenvalue weighted by molar-refractivity contribution is 5.70. The van der Waals surface area contributed by atoms with Gasteiger partial charge in [0.05, 0.1) is 25.6 Å². The monoisotopic (exact) mass is 436 g/mol. The number of alkyl carbamates (subject to hydrolysis) is 1. The number of carbonyl (C=O) groups is 1.